The van der Waals surface area contributed by atoms with Gasteiger partial charge in [-0.3, -0.25) is 0 Å². The molecule has 100 valence electrons. The number of nitrogens with one attached hydrogen (secondary N) is 1. The lowest BCUT2D eigenvalue weighted by Gasteiger charge is -2.04. The summed E-state index contributed by atoms with van der Waals surface area (Å²) in [5.74, 6) is 0.106. The predicted molar refractivity (Wildman–Crippen MR) is 75.4 cm³/mol. The normalized spacial score (nSPS) is 11.7. The maximum absolute atomic E-state index is 11.8. The fourth-order valence-corrected chi connectivity index (χ4v) is 2.11. The van der Waals surface area contributed by atoms with Crippen molar-refractivity contribution in [2.45, 2.75) is 27.2 Å². The zero-order chi connectivity index (χ0) is 13.7. The number of hydrogen-bond acceptors (Lipinski definition) is 2. The number of carbonyl (C=O) groups excluding carboxylic acids is 1. The number of hydrogen-bond donors (Lipinski definition) is 1. The average molecular weight is 290 g/mol. The Kier molecular flexibility index (Phi) is 5.76. The van der Waals surface area contributed by atoms with E-state index in [-0.39, 0.29) is 5.97 Å². The van der Waals surface area contributed by atoms with E-state index in [9.17, 15) is 4.79 Å². The molecule has 0 aliphatic rings. The van der Waals surface area contributed by atoms with Crippen molar-refractivity contribution in [2.75, 3.05) is 12.5 Å². The molecule has 0 aliphatic carbocycles. The maximum Gasteiger partial charge on any atom is 0.355 e. The summed E-state index contributed by atoms with van der Waals surface area (Å²) in [5, 5.41) is 0.528. The van der Waals surface area contributed by atoms with Crippen LogP contribution < -0.4 is 0 Å². The van der Waals surface area contributed by atoms with Crippen LogP contribution in [0.3, 0.4) is 0 Å². The number of halogens is 2. The summed E-state index contributed by atoms with van der Waals surface area (Å²) in [6, 6.07) is 0. The monoisotopic (exact) mass is 289 g/mol. The second kappa shape index (κ2) is 6.86. The second-order valence-corrected chi connectivity index (χ2v) is 4.66. The van der Waals surface area contributed by atoms with Gasteiger partial charge in [-0.05, 0) is 32.8 Å². The molecule has 0 aromatic carbocycles. The van der Waals surface area contributed by atoms with Crippen LogP contribution in [0.1, 0.15) is 40.7 Å². The summed E-state index contributed by atoms with van der Waals surface area (Å²) >= 11 is 11.9. The van der Waals surface area contributed by atoms with Gasteiger partial charge < -0.3 is 9.72 Å². The van der Waals surface area contributed by atoms with Gasteiger partial charge in [-0.1, -0.05) is 17.7 Å². The Hall–Kier alpha value is -0.930. The Bertz CT molecular complexity index is 464. The Morgan fingerprint density at radius 1 is 1.44 bits per heavy atom. The number of alkyl halides is 1. The molecule has 1 aromatic rings. The molecule has 0 atom stereocenters. The molecule has 18 heavy (non-hydrogen) atoms. The highest BCUT2D eigenvalue weighted by molar-refractivity contribution is 6.49. The summed E-state index contributed by atoms with van der Waals surface area (Å²) < 4.78 is 5.01. The van der Waals surface area contributed by atoms with Crippen LogP contribution in [0.2, 0.25) is 0 Å². The number of aromatic nitrogens is 1. The Balaban J connectivity index is 3.20. The second-order valence-electron chi connectivity index (χ2n) is 3.88. The third kappa shape index (κ3) is 3.30. The van der Waals surface area contributed by atoms with Crippen LogP contribution >= 0.6 is 23.2 Å². The minimum Gasteiger partial charge on any atom is -0.461 e. The average Bonchev–Trinajstić information content (AvgIpc) is 2.63. The fourth-order valence-electron chi connectivity index (χ4n) is 1.66. The molecule has 1 aromatic heterocycles. The number of rotatable bonds is 5. The molecule has 1 N–H and O–H groups in total. The van der Waals surface area contributed by atoms with Crippen LogP contribution in [0.4, 0.5) is 0 Å². The molecule has 1 heterocycles. The number of carbonyl (C=O) groups is 1. The third-order valence-electron chi connectivity index (χ3n) is 2.65. The van der Waals surface area contributed by atoms with Crippen LogP contribution in [0.15, 0.2) is 6.08 Å². The lowest BCUT2D eigenvalue weighted by molar-refractivity contribution is 0.0520. The van der Waals surface area contributed by atoms with Gasteiger partial charge in [0.1, 0.15) is 5.69 Å². The van der Waals surface area contributed by atoms with Gasteiger partial charge in [0.15, 0.2) is 0 Å². The SMILES string of the molecule is CCOC(=O)c1[nH]c(C)c(C)c1/C(Cl)=C/CCCl. The fraction of sp³-hybridized carbons (Fsp3) is 0.462. The van der Waals surface area contributed by atoms with Crippen molar-refractivity contribution in [3.8, 4) is 0 Å². The number of allylic oxidation sites excluding steroid dienone is 1. The van der Waals surface area contributed by atoms with E-state index in [1.165, 1.54) is 0 Å². The summed E-state index contributed by atoms with van der Waals surface area (Å²) in [6.45, 7) is 5.91. The lowest BCUT2D eigenvalue weighted by atomic mass is 10.1. The van der Waals surface area contributed by atoms with Crippen molar-refractivity contribution in [3.05, 3.63) is 28.6 Å². The summed E-state index contributed by atoms with van der Waals surface area (Å²) in [5.41, 5.74) is 2.97. The number of aromatic amines is 1. The van der Waals surface area contributed by atoms with Gasteiger partial charge >= 0.3 is 5.97 Å². The minimum absolute atomic E-state index is 0.332. The highest BCUT2D eigenvalue weighted by Gasteiger charge is 2.20. The van der Waals surface area contributed by atoms with Gasteiger partial charge in [-0.15, -0.1) is 11.6 Å². The van der Waals surface area contributed by atoms with E-state index in [2.05, 4.69) is 4.98 Å². The summed E-state index contributed by atoms with van der Waals surface area (Å²) in [7, 11) is 0. The maximum atomic E-state index is 11.8. The molecule has 0 fully saturated rings. The molecular weight excluding hydrogens is 273 g/mol. The largest absolute Gasteiger partial charge is 0.461 e. The van der Waals surface area contributed by atoms with Gasteiger partial charge in [0.05, 0.1) is 6.61 Å². The Labute approximate surface area is 117 Å². The molecule has 0 unspecified atom stereocenters. The van der Waals surface area contributed by atoms with Gasteiger partial charge in [-0.25, -0.2) is 4.79 Å². The van der Waals surface area contributed by atoms with Crippen LogP contribution in [0.5, 0.6) is 0 Å². The predicted octanol–water partition coefficient (Wildman–Crippen LogP) is 4.02. The molecule has 1 rings (SSSR count). The van der Waals surface area contributed by atoms with Gasteiger partial charge in [0.2, 0.25) is 0 Å². The molecule has 5 heteroatoms. The van der Waals surface area contributed by atoms with E-state index in [4.69, 9.17) is 27.9 Å². The van der Waals surface area contributed by atoms with Crippen molar-refractivity contribution in [1.29, 1.82) is 0 Å². The first-order valence-electron chi connectivity index (χ1n) is 5.81. The van der Waals surface area contributed by atoms with Crippen LogP contribution in [-0.4, -0.2) is 23.4 Å². The first kappa shape index (κ1) is 15.1. The summed E-state index contributed by atoms with van der Waals surface area (Å²) in [6.07, 6.45) is 2.47. The van der Waals surface area contributed by atoms with Crippen LogP contribution in [0, 0.1) is 13.8 Å². The minimum atomic E-state index is -0.388. The van der Waals surface area contributed by atoms with Crippen LogP contribution in [0.25, 0.3) is 5.03 Å². The number of H-pyrrole nitrogens is 1. The first-order valence-corrected chi connectivity index (χ1v) is 6.72. The Morgan fingerprint density at radius 3 is 2.67 bits per heavy atom. The summed E-state index contributed by atoms with van der Waals surface area (Å²) in [4.78, 5) is 14.9. The molecule has 0 saturated heterocycles. The highest BCUT2D eigenvalue weighted by atomic mass is 35.5. The van der Waals surface area contributed by atoms with Crippen molar-refractivity contribution in [2.24, 2.45) is 0 Å². The smallest absolute Gasteiger partial charge is 0.355 e. The molecule has 0 radical (unpaired) electrons. The van der Waals surface area contributed by atoms with Crippen LogP contribution in [-0.2, 0) is 4.74 Å². The first-order chi connectivity index (χ1) is 8.52. The molecule has 0 bridgehead atoms. The Morgan fingerprint density at radius 2 is 2.11 bits per heavy atom. The van der Waals surface area contributed by atoms with Crippen molar-refractivity contribution >= 4 is 34.2 Å². The molecule has 3 nitrogen and oxygen atoms in total. The standard InChI is InChI=1S/C13H17Cl2NO2/c1-4-18-13(17)12-11(8(2)9(3)16-12)10(15)6-5-7-14/h6,16H,4-5,7H2,1-3H3/b10-6-. The van der Waals surface area contributed by atoms with Gasteiger partial charge in [-0.2, -0.15) is 0 Å². The van der Waals surface area contributed by atoms with Crippen molar-refractivity contribution in [3.63, 3.8) is 0 Å². The van der Waals surface area contributed by atoms with E-state index in [1.54, 1.807) is 6.92 Å². The number of esters is 1. The topological polar surface area (TPSA) is 42.1 Å². The van der Waals surface area contributed by atoms with Crippen molar-refractivity contribution < 1.29 is 9.53 Å². The molecule has 0 spiro atoms. The van der Waals surface area contributed by atoms with E-state index in [1.807, 2.05) is 19.9 Å². The molecule has 0 aliphatic heterocycles. The quantitative estimate of drug-likeness (QED) is 0.657. The lowest BCUT2D eigenvalue weighted by Crippen LogP contribution is -2.07. The number of aryl methyl sites for hydroxylation is 1. The van der Waals surface area contributed by atoms with E-state index >= 15 is 0 Å². The van der Waals surface area contributed by atoms with Crippen molar-refractivity contribution in [1.82, 2.24) is 4.98 Å². The van der Waals surface area contributed by atoms with Gasteiger partial charge in [0, 0.05) is 22.2 Å². The number of ether oxygens (including phenoxy) is 1. The van der Waals surface area contributed by atoms with Gasteiger partial charge in [0.25, 0.3) is 0 Å². The zero-order valence-electron chi connectivity index (χ0n) is 10.8. The zero-order valence-corrected chi connectivity index (χ0v) is 12.3. The van der Waals surface area contributed by atoms with E-state index in [0.717, 1.165) is 11.3 Å². The molecule has 0 saturated carbocycles. The van der Waals surface area contributed by atoms with E-state index in [0.29, 0.717) is 35.2 Å². The van der Waals surface area contributed by atoms with E-state index < -0.39 is 0 Å². The third-order valence-corrected chi connectivity index (χ3v) is 3.21. The molecular formula is C13H17Cl2NO2. The highest BCUT2D eigenvalue weighted by Crippen LogP contribution is 2.29. The molecule has 0 amide bonds.